The maximum absolute atomic E-state index is 10.0. The fourth-order valence-corrected chi connectivity index (χ4v) is 5.51. The zero-order valence-corrected chi connectivity index (χ0v) is 18.8. The molecule has 5 nitrogen and oxygen atoms in total. The molecule has 1 fully saturated rings. The van der Waals surface area contributed by atoms with Gasteiger partial charge in [-0.25, -0.2) is 0 Å². The number of nitrogens with zero attached hydrogens (tertiary/aromatic N) is 4. The largest absolute Gasteiger partial charge is 0.362 e. The van der Waals surface area contributed by atoms with E-state index in [-0.39, 0.29) is 22.4 Å². The average Bonchev–Trinajstić information content (AvgIpc) is 3.38. The fraction of sp³-hybridized carbons (Fsp3) is 0.600. The normalized spacial score (nSPS) is 39.3. The first-order valence-electron chi connectivity index (χ1n) is 11.2. The van der Waals surface area contributed by atoms with E-state index in [2.05, 4.69) is 58.2 Å². The lowest BCUT2D eigenvalue weighted by Gasteiger charge is -2.25. The fourth-order valence-electron chi connectivity index (χ4n) is 5.51. The van der Waals surface area contributed by atoms with E-state index in [1.165, 1.54) is 17.1 Å². The SMILES string of the molecule is CC1(C)C/C2=C(\C#N)C3=N[C@](C)(CC3)[C@H]3CCC(=N3)/C=C3\N/C(=C\C1=N2)CC3(C)C. The van der Waals surface area contributed by atoms with E-state index in [0.717, 1.165) is 55.6 Å². The summed E-state index contributed by atoms with van der Waals surface area (Å²) in [6, 6.07) is 2.65. The Hall–Kier alpha value is -2.48. The second kappa shape index (κ2) is 6.26. The van der Waals surface area contributed by atoms with E-state index < -0.39 is 0 Å². The molecule has 5 heterocycles. The minimum absolute atomic E-state index is 0.0475. The zero-order chi connectivity index (χ0) is 21.3. The molecule has 0 saturated carbocycles. The molecule has 0 radical (unpaired) electrons. The number of aliphatic imine (C=N–C) groups is 3. The monoisotopic (exact) mass is 401 g/mol. The summed E-state index contributed by atoms with van der Waals surface area (Å²) < 4.78 is 0. The standard InChI is InChI=1S/C25H31N5/c1-23(2)12-16-11-22-24(3,4)13-19(29-22)17(14-26)18-8-9-25(5,30-18)20-7-6-15(27-20)10-21(23)28-16/h10-11,20,28H,6-9,12-13H2,1-5H3/b16-11-,19-17-,21-10-/t20-,25-/m1/s1. The highest BCUT2D eigenvalue weighted by atomic mass is 15.0. The number of nitrogens with one attached hydrogen (secondary N) is 1. The van der Waals surface area contributed by atoms with E-state index in [0.29, 0.717) is 5.57 Å². The quantitative estimate of drug-likeness (QED) is 0.618. The molecule has 0 unspecified atom stereocenters. The van der Waals surface area contributed by atoms with Crippen LogP contribution < -0.4 is 5.32 Å². The van der Waals surface area contributed by atoms with Gasteiger partial charge in [0.25, 0.3) is 0 Å². The highest BCUT2D eigenvalue weighted by molar-refractivity contribution is 6.08. The predicted molar refractivity (Wildman–Crippen MR) is 122 cm³/mol. The van der Waals surface area contributed by atoms with Crippen LogP contribution in [0.4, 0.5) is 0 Å². The summed E-state index contributed by atoms with van der Waals surface area (Å²) in [5.41, 5.74) is 6.93. The Bertz CT molecular complexity index is 1050. The van der Waals surface area contributed by atoms with E-state index in [1.54, 1.807) is 0 Å². The van der Waals surface area contributed by atoms with E-state index in [9.17, 15) is 5.26 Å². The van der Waals surface area contributed by atoms with Crippen molar-refractivity contribution in [3.8, 4) is 6.07 Å². The predicted octanol–water partition coefficient (Wildman–Crippen LogP) is 5.03. The molecule has 1 N–H and O–H groups in total. The molecule has 5 aliphatic heterocycles. The Balaban J connectivity index is 1.71. The minimum atomic E-state index is -0.221. The molecule has 5 heteroatoms. The lowest BCUT2D eigenvalue weighted by atomic mass is 9.83. The van der Waals surface area contributed by atoms with Gasteiger partial charge in [0.15, 0.2) is 0 Å². The van der Waals surface area contributed by atoms with Crippen LogP contribution in [0.5, 0.6) is 0 Å². The molecule has 0 aromatic carbocycles. The molecule has 0 aliphatic carbocycles. The Kier molecular flexibility index (Phi) is 4.07. The molecule has 8 bridgehead atoms. The van der Waals surface area contributed by atoms with Crippen molar-refractivity contribution in [2.75, 3.05) is 0 Å². The van der Waals surface area contributed by atoms with Gasteiger partial charge < -0.3 is 5.32 Å². The number of nitriles is 1. The van der Waals surface area contributed by atoms with Crippen molar-refractivity contribution in [1.29, 1.82) is 5.26 Å². The molecule has 0 amide bonds. The highest BCUT2D eigenvalue weighted by Crippen LogP contribution is 2.44. The Morgan fingerprint density at radius 1 is 1.07 bits per heavy atom. The van der Waals surface area contributed by atoms with Gasteiger partial charge in [0, 0.05) is 40.1 Å². The number of allylic oxidation sites excluding steroid dienone is 6. The maximum atomic E-state index is 10.0. The molecule has 156 valence electrons. The van der Waals surface area contributed by atoms with Crippen molar-refractivity contribution in [2.45, 2.75) is 84.7 Å². The average molecular weight is 402 g/mol. The summed E-state index contributed by atoms with van der Waals surface area (Å²) in [5.74, 6) is 0. The van der Waals surface area contributed by atoms with Crippen LogP contribution in [0.1, 0.15) is 73.1 Å². The Morgan fingerprint density at radius 2 is 1.87 bits per heavy atom. The van der Waals surface area contributed by atoms with Gasteiger partial charge in [0.05, 0.1) is 28.6 Å². The number of fused-ring (bicyclic) bond motifs is 6. The Labute approximate surface area is 179 Å². The van der Waals surface area contributed by atoms with E-state index in [4.69, 9.17) is 15.0 Å². The van der Waals surface area contributed by atoms with Crippen LogP contribution in [0.25, 0.3) is 0 Å². The summed E-state index contributed by atoms with van der Waals surface area (Å²) >= 11 is 0. The van der Waals surface area contributed by atoms with Crippen molar-refractivity contribution in [3.05, 3.63) is 34.8 Å². The first-order chi connectivity index (χ1) is 14.1. The van der Waals surface area contributed by atoms with E-state index >= 15 is 0 Å². The van der Waals surface area contributed by atoms with Crippen molar-refractivity contribution < 1.29 is 0 Å². The molecule has 0 aromatic rings. The van der Waals surface area contributed by atoms with Crippen molar-refractivity contribution in [2.24, 2.45) is 25.8 Å². The van der Waals surface area contributed by atoms with Gasteiger partial charge in [-0.2, -0.15) is 5.26 Å². The number of hydrogen-bond donors (Lipinski definition) is 1. The van der Waals surface area contributed by atoms with Crippen LogP contribution in [0.3, 0.4) is 0 Å². The first-order valence-corrected chi connectivity index (χ1v) is 11.2. The molecular formula is C25H31N5. The van der Waals surface area contributed by atoms with E-state index in [1.807, 2.05) is 0 Å². The van der Waals surface area contributed by atoms with Crippen LogP contribution in [0.2, 0.25) is 0 Å². The highest BCUT2D eigenvalue weighted by Gasteiger charge is 2.43. The first kappa shape index (κ1) is 19.5. The molecule has 1 saturated heterocycles. The third-order valence-corrected chi connectivity index (χ3v) is 7.50. The lowest BCUT2D eigenvalue weighted by Crippen LogP contribution is -2.32. The summed E-state index contributed by atoms with van der Waals surface area (Å²) in [6.45, 7) is 11.2. The molecule has 30 heavy (non-hydrogen) atoms. The maximum Gasteiger partial charge on any atom is 0.103 e. The second-order valence-corrected chi connectivity index (χ2v) is 11.0. The van der Waals surface area contributed by atoms with Crippen molar-refractivity contribution in [3.63, 3.8) is 0 Å². The van der Waals surface area contributed by atoms with Gasteiger partial charge in [-0.3, -0.25) is 15.0 Å². The third-order valence-electron chi connectivity index (χ3n) is 7.50. The number of rotatable bonds is 0. The summed E-state index contributed by atoms with van der Waals surface area (Å²) in [4.78, 5) is 15.2. The van der Waals surface area contributed by atoms with Crippen LogP contribution >= 0.6 is 0 Å². The zero-order valence-electron chi connectivity index (χ0n) is 18.8. The minimum Gasteiger partial charge on any atom is -0.362 e. The summed E-state index contributed by atoms with van der Waals surface area (Å²) in [7, 11) is 0. The van der Waals surface area contributed by atoms with Crippen molar-refractivity contribution >= 4 is 17.1 Å². The molecular weight excluding hydrogens is 370 g/mol. The third kappa shape index (κ3) is 3.00. The Morgan fingerprint density at radius 3 is 2.63 bits per heavy atom. The van der Waals surface area contributed by atoms with Gasteiger partial charge in [-0.1, -0.05) is 27.7 Å². The lowest BCUT2D eigenvalue weighted by molar-refractivity contribution is 0.378. The topological polar surface area (TPSA) is 72.9 Å². The van der Waals surface area contributed by atoms with Gasteiger partial charge in [-0.05, 0) is 51.2 Å². The van der Waals surface area contributed by atoms with Gasteiger partial charge in [0.2, 0.25) is 0 Å². The summed E-state index contributed by atoms with van der Waals surface area (Å²) in [5, 5.41) is 13.7. The second-order valence-electron chi connectivity index (χ2n) is 11.0. The van der Waals surface area contributed by atoms with Crippen molar-refractivity contribution in [1.82, 2.24) is 5.32 Å². The smallest absolute Gasteiger partial charge is 0.103 e. The van der Waals surface area contributed by atoms with Gasteiger partial charge in [-0.15, -0.1) is 0 Å². The van der Waals surface area contributed by atoms with Gasteiger partial charge >= 0.3 is 0 Å². The van der Waals surface area contributed by atoms with Crippen LogP contribution in [0, 0.1) is 22.2 Å². The molecule has 2 atom stereocenters. The molecule has 0 aromatic heterocycles. The molecule has 0 spiro atoms. The van der Waals surface area contributed by atoms with Crippen LogP contribution in [-0.2, 0) is 0 Å². The molecule has 5 rings (SSSR count). The van der Waals surface area contributed by atoms with Gasteiger partial charge in [0.1, 0.15) is 6.07 Å². The summed E-state index contributed by atoms with van der Waals surface area (Å²) in [6.07, 6.45) is 10.0. The number of hydrogen-bond acceptors (Lipinski definition) is 5. The van der Waals surface area contributed by atoms with Crippen LogP contribution in [-0.4, -0.2) is 28.7 Å². The van der Waals surface area contributed by atoms with Crippen LogP contribution in [0.15, 0.2) is 49.8 Å². The molecule has 5 aliphatic rings.